The molecule has 20 heavy (non-hydrogen) atoms. The molecule has 0 atom stereocenters. The maximum absolute atomic E-state index is 5.47. The van der Waals surface area contributed by atoms with Gasteiger partial charge in [0.05, 0.1) is 0 Å². The van der Waals surface area contributed by atoms with E-state index in [1.165, 1.54) is 57.8 Å². The van der Waals surface area contributed by atoms with Crippen LogP contribution in [-0.2, 0) is 6.54 Å². The molecule has 0 spiro atoms. The number of hydrogen-bond donors (Lipinski definition) is 1. The molecule has 1 aromatic heterocycles. The molecule has 0 aromatic carbocycles. The standard InChI is InChI=1S/C15H28N4S/c1-2-3-4-5-6-7-8-9-10-11-12-19-13-17-15(18-19)14(16)20/h13H,2-12H2,1H3,(H2,16,20). The van der Waals surface area contributed by atoms with Crippen molar-refractivity contribution < 1.29 is 0 Å². The Kier molecular flexibility index (Phi) is 9.20. The van der Waals surface area contributed by atoms with E-state index in [4.69, 9.17) is 18.0 Å². The second-order valence-electron chi connectivity index (χ2n) is 5.38. The van der Waals surface area contributed by atoms with Crippen molar-refractivity contribution in [3.05, 3.63) is 12.2 Å². The number of unbranched alkanes of at least 4 members (excludes halogenated alkanes) is 9. The molecule has 0 radical (unpaired) electrons. The summed E-state index contributed by atoms with van der Waals surface area (Å²) in [5.74, 6) is 0.479. The van der Waals surface area contributed by atoms with E-state index in [1.807, 2.05) is 4.68 Å². The van der Waals surface area contributed by atoms with Crippen LogP contribution in [0.2, 0.25) is 0 Å². The summed E-state index contributed by atoms with van der Waals surface area (Å²) < 4.78 is 1.83. The zero-order chi connectivity index (χ0) is 14.6. The van der Waals surface area contributed by atoms with Crippen molar-refractivity contribution in [3.8, 4) is 0 Å². The van der Waals surface area contributed by atoms with Crippen molar-refractivity contribution in [1.82, 2.24) is 14.8 Å². The fraction of sp³-hybridized carbons (Fsp3) is 0.800. The van der Waals surface area contributed by atoms with Gasteiger partial charge in [0.2, 0.25) is 5.82 Å². The fourth-order valence-corrected chi connectivity index (χ4v) is 2.37. The molecule has 0 aliphatic rings. The topological polar surface area (TPSA) is 56.7 Å². The number of thiocarbonyl (C=S) groups is 1. The fourth-order valence-electron chi connectivity index (χ4n) is 2.28. The van der Waals surface area contributed by atoms with E-state index in [-0.39, 0.29) is 4.99 Å². The van der Waals surface area contributed by atoms with Crippen molar-refractivity contribution >= 4 is 17.2 Å². The quantitative estimate of drug-likeness (QED) is 0.470. The van der Waals surface area contributed by atoms with E-state index < -0.39 is 0 Å². The molecule has 5 heteroatoms. The Morgan fingerprint density at radius 3 is 2.10 bits per heavy atom. The molecule has 1 heterocycles. The lowest BCUT2D eigenvalue weighted by Gasteiger charge is -2.02. The van der Waals surface area contributed by atoms with Gasteiger partial charge in [0, 0.05) is 6.54 Å². The average Bonchev–Trinajstić information content (AvgIpc) is 2.90. The molecular formula is C15H28N4S. The lowest BCUT2D eigenvalue weighted by molar-refractivity contribution is 0.514. The number of hydrogen-bond acceptors (Lipinski definition) is 3. The van der Waals surface area contributed by atoms with Crippen LogP contribution in [0.3, 0.4) is 0 Å². The summed E-state index contributed by atoms with van der Waals surface area (Å²) in [7, 11) is 0. The van der Waals surface area contributed by atoms with Gasteiger partial charge < -0.3 is 5.73 Å². The first-order chi connectivity index (χ1) is 9.74. The van der Waals surface area contributed by atoms with E-state index >= 15 is 0 Å². The minimum absolute atomic E-state index is 0.270. The van der Waals surface area contributed by atoms with Crippen molar-refractivity contribution in [2.24, 2.45) is 5.73 Å². The van der Waals surface area contributed by atoms with Crippen LogP contribution in [0.25, 0.3) is 0 Å². The first kappa shape index (κ1) is 17.1. The van der Waals surface area contributed by atoms with Gasteiger partial charge >= 0.3 is 0 Å². The highest BCUT2D eigenvalue weighted by molar-refractivity contribution is 7.80. The molecule has 114 valence electrons. The second-order valence-corrected chi connectivity index (χ2v) is 5.82. The van der Waals surface area contributed by atoms with E-state index in [0.29, 0.717) is 5.82 Å². The number of nitrogens with two attached hydrogens (primary N) is 1. The summed E-state index contributed by atoms with van der Waals surface area (Å²) in [6.45, 7) is 3.17. The second kappa shape index (κ2) is 10.8. The Balaban J connectivity index is 1.93. The largest absolute Gasteiger partial charge is 0.387 e. The van der Waals surface area contributed by atoms with E-state index in [0.717, 1.165) is 13.0 Å². The first-order valence-corrected chi connectivity index (χ1v) is 8.34. The molecule has 0 saturated heterocycles. The van der Waals surface area contributed by atoms with Crippen molar-refractivity contribution in [1.29, 1.82) is 0 Å². The molecule has 0 amide bonds. The van der Waals surface area contributed by atoms with Crippen LogP contribution in [0.15, 0.2) is 6.33 Å². The number of rotatable bonds is 12. The van der Waals surface area contributed by atoms with Crippen molar-refractivity contribution in [2.45, 2.75) is 77.7 Å². The van der Waals surface area contributed by atoms with E-state index in [2.05, 4.69) is 17.0 Å². The van der Waals surface area contributed by atoms with Crippen molar-refractivity contribution in [3.63, 3.8) is 0 Å². The molecule has 0 fully saturated rings. The van der Waals surface area contributed by atoms with Crippen LogP contribution in [0.4, 0.5) is 0 Å². The molecule has 1 rings (SSSR count). The number of aryl methyl sites for hydroxylation is 1. The van der Waals surface area contributed by atoms with E-state index in [9.17, 15) is 0 Å². The summed E-state index contributed by atoms with van der Waals surface area (Å²) in [6, 6.07) is 0. The Hall–Kier alpha value is -0.970. The predicted molar refractivity (Wildman–Crippen MR) is 87.8 cm³/mol. The molecule has 0 aliphatic carbocycles. The van der Waals surface area contributed by atoms with Gasteiger partial charge in [0.1, 0.15) is 11.3 Å². The molecule has 0 bridgehead atoms. The maximum Gasteiger partial charge on any atom is 0.208 e. The summed E-state index contributed by atoms with van der Waals surface area (Å²) >= 11 is 4.84. The molecule has 2 N–H and O–H groups in total. The van der Waals surface area contributed by atoms with Crippen LogP contribution < -0.4 is 5.73 Å². The van der Waals surface area contributed by atoms with E-state index in [1.54, 1.807) is 6.33 Å². The zero-order valence-electron chi connectivity index (χ0n) is 12.7. The SMILES string of the molecule is CCCCCCCCCCCCn1cnc(C(N)=S)n1. The normalized spacial score (nSPS) is 10.8. The lowest BCUT2D eigenvalue weighted by Crippen LogP contribution is -2.12. The molecule has 4 nitrogen and oxygen atoms in total. The molecule has 1 aromatic rings. The third-order valence-corrected chi connectivity index (χ3v) is 3.68. The van der Waals surface area contributed by atoms with Gasteiger partial charge in [-0.05, 0) is 6.42 Å². The molecule has 0 aliphatic heterocycles. The minimum Gasteiger partial charge on any atom is -0.387 e. The third-order valence-electron chi connectivity index (χ3n) is 3.50. The Labute approximate surface area is 128 Å². The van der Waals surface area contributed by atoms with Crippen LogP contribution in [-0.4, -0.2) is 19.8 Å². The van der Waals surface area contributed by atoms with Gasteiger partial charge in [-0.3, -0.25) is 4.68 Å². The van der Waals surface area contributed by atoms with Crippen LogP contribution in [0.1, 0.15) is 77.0 Å². The highest BCUT2D eigenvalue weighted by Crippen LogP contribution is 2.10. The number of aromatic nitrogens is 3. The van der Waals surface area contributed by atoms with Crippen LogP contribution in [0, 0.1) is 0 Å². The maximum atomic E-state index is 5.47. The minimum atomic E-state index is 0.270. The van der Waals surface area contributed by atoms with Crippen molar-refractivity contribution in [2.75, 3.05) is 0 Å². The highest BCUT2D eigenvalue weighted by atomic mass is 32.1. The number of nitrogens with zero attached hydrogens (tertiary/aromatic N) is 3. The summed E-state index contributed by atoms with van der Waals surface area (Å²) in [5, 5.41) is 4.22. The highest BCUT2D eigenvalue weighted by Gasteiger charge is 2.02. The molecular weight excluding hydrogens is 268 g/mol. The Morgan fingerprint density at radius 1 is 1.05 bits per heavy atom. The van der Waals surface area contributed by atoms with Gasteiger partial charge in [-0.2, -0.15) is 0 Å². The van der Waals surface area contributed by atoms with Gasteiger partial charge in [0.25, 0.3) is 0 Å². The zero-order valence-corrected chi connectivity index (χ0v) is 13.5. The van der Waals surface area contributed by atoms with Gasteiger partial charge in [-0.15, -0.1) is 5.10 Å². The van der Waals surface area contributed by atoms with Gasteiger partial charge in [-0.25, -0.2) is 4.98 Å². The van der Waals surface area contributed by atoms with Gasteiger partial charge in [-0.1, -0.05) is 76.9 Å². The lowest BCUT2D eigenvalue weighted by atomic mass is 10.1. The predicted octanol–water partition coefficient (Wildman–Crippen LogP) is 3.83. The Bertz CT molecular complexity index is 376. The smallest absolute Gasteiger partial charge is 0.208 e. The Morgan fingerprint density at radius 2 is 1.60 bits per heavy atom. The summed E-state index contributed by atoms with van der Waals surface area (Å²) in [5.41, 5.74) is 5.47. The molecule has 0 unspecified atom stereocenters. The monoisotopic (exact) mass is 296 g/mol. The summed E-state index contributed by atoms with van der Waals surface area (Å²) in [6.07, 6.45) is 15.1. The van der Waals surface area contributed by atoms with Gasteiger partial charge in [0.15, 0.2) is 0 Å². The van der Waals surface area contributed by atoms with Crippen LogP contribution >= 0.6 is 12.2 Å². The third kappa shape index (κ3) is 7.58. The summed E-state index contributed by atoms with van der Waals surface area (Å²) in [4.78, 5) is 4.34. The average molecular weight is 296 g/mol. The first-order valence-electron chi connectivity index (χ1n) is 7.93. The van der Waals surface area contributed by atoms with Crippen LogP contribution in [0.5, 0.6) is 0 Å². The molecule has 0 saturated carbocycles.